The molecule has 0 aliphatic rings. The molecule has 0 amide bonds. The summed E-state index contributed by atoms with van der Waals surface area (Å²) >= 11 is 0. The van der Waals surface area contributed by atoms with Crippen molar-refractivity contribution >= 4 is 0 Å². The van der Waals surface area contributed by atoms with Gasteiger partial charge in [0, 0.05) is 11.1 Å². The summed E-state index contributed by atoms with van der Waals surface area (Å²) < 4.78 is 26.8. The molecule has 17 heavy (non-hydrogen) atoms. The van der Waals surface area contributed by atoms with E-state index in [0.717, 1.165) is 11.8 Å². The topological polar surface area (TPSA) is 33.1 Å². The number of aliphatic hydroxyl groups excluding tert-OH is 1. The van der Waals surface area contributed by atoms with Crippen LogP contribution < -0.4 is 0 Å². The van der Waals surface area contributed by atoms with Crippen molar-refractivity contribution in [3.8, 4) is 11.3 Å². The Morgan fingerprint density at radius 1 is 1.18 bits per heavy atom. The van der Waals surface area contributed by atoms with Crippen LogP contribution in [0, 0.1) is 18.6 Å². The molecule has 1 N–H and O–H groups in total. The lowest BCUT2D eigenvalue weighted by Gasteiger charge is -2.06. The van der Waals surface area contributed by atoms with Crippen molar-refractivity contribution in [2.24, 2.45) is 0 Å². The second-order valence-corrected chi connectivity index (χ2v) is 3.80. The normalized spacial score (nSPS) is 10.6. The van der Waals surface area contributed by atoms with Gasteiger partial charge in [-0.1, -0.05) is 6.07 Å². The van der Waals surface area contributed by atoms with Gasteiger partial charge in [0.25, 0.3) is 0 Å². The summed E-state index contributed by atoms with van der Waals surface area (Å²) in [5.41, 5.74) is 1.52. The summed E-state index contributed by atoms with van der Waals surface area (Å²) in [6.07, 6.45) is 0.986. The largest absolute Gasteiger partial charge is 0.392 e. The van der Waals surface area contributed by atoms with E-state index >= 15 is 0 Å². The summed E-state index contributed by atoms with van der Waals surface area (Å²) in [7, 11) is 0. The van der Waals surface area contributed by atoms with Crippen LogP contribution in [0.2, 0.25) is 0 Å². The monoisotopic (exact) mass is 235 g/mol. The molecule has 0 unspecified atom stereocenters. The Hall–Kier alpha value is -1.81. The molecule has 1 aromatic carbocycles. The maximum Gasteiger partial charge on any atom is 0.147 e. The van der Waals surface area contributed by atoms with Crippen LogP contribution in [0.4, 0.5) is 8.78 Å². The van der Waals surface area contributed by atoms with Crippen LogP contribution in [-0.2, 0) is 6.61 Å². The first-order valence-electron chi connectivity index (χ1n) is 5.13. The second kappa shape index (κ2) is 4.59. The van der Waals surface area contributed by atoms with Crippen molar-refractivity contribution in [2.45, 2.75) is 13.5 Å². The molecule has 2 nitrogen and oxygen atoms in total. The zero-order chi connectivity index (χ0) is 12.4. The van der Waals surface area contributed by atoms with E-state index in [1.54, 1.807) is 19.1 Å². The van der Waals surface area contributed by atoms with E-state index in [9.17, 15) is 8.78 Å². The zero-order valence-corrected chi connectivity index (χ0v) is 9.24. The van der Waals surface area contributed by atoms with Crippen LogP contribution in [-0.4, -0.2) is 10.1 Å². The lowest BCUT2D eigenvalue weighted by Crippen LogP contribution is -1.95. The number of pyridine rings is 1. The number of aryl methyl sites for hydroxylation is 1. The first-order valence-corrected chi connectivity index (χ1v) is 5.13. The molecule has 0 atom stereocenters. The molecule has 0 radical (unpaired) electrons. The number of rotatable bonds is 2. The lowest BCUT2D eigenvalue weighted by molar-refractivity contribution is 0.275. The van der Waals surface area contributed by atoms with E-state index < -0.39 is 18.2 Å². The van der Waals surface area contributed by atoms with E-state index in [4.69, 9.17) is 5.11 Å². The molecular weight excluding hydrogens is 224 g/mol. The predicted octanol–water partition coefficient (Wildman–Crippen LogP) is 2.83. The van der Waals surface area contributed by atoms with Gasteiger partial charge < -0.3 is 5.11 Å². The molecule has 4 heteroatoms. The van der Waals surface area contributed by atoms with Crippen LogP contribution in [0.15, 0.2) is 30.5 Å². The SMILES string of the molecule is Cc1ccc(-c2cc(CO)c(F)cn2)c(F)c1. The van der Waals surface area contributed by atoms with Gasteiger partial charge >= 0.3 is 0 Å². The van der Waals surface area contributed by atoms with Crippen molar-refractivity contribution in [3.05, 3.63) is 53.2 Å². The van der Waals surface area contributed by atoms with E-state index in [-0.39, 0.29) is 5.56 Å². The Kier molecular flexibility index (Phi) is 3.15. The number of halogens is 2. The quantitative estimate of drug-likeness (QED) is 0.868. The zero-order valence-electron chi connectivity index (χ0n) is 9.24. The first-order chi connectivity index (χ1) is 8.11. The predicted molar refractivity (Wildman–Crippen MR) is 60.2 cm³/mol. The van der Waals surface area contributed by atoms with Gasteiger partial charge in [-0.05, 0) is 30.7 Å². The third kappa shape index (κ3) is 2.31. The molecule has 0 saturated heterocycles. The maximum absolute atomic E-state index is 13.7. The summed E-state index contributed by atoms with van der Waals surface area (Å²) in [6.45, 7) is 1.35. The summed E-state index contributed by atoms with van der Waals surface area (Å²) in [5, 5.41) is 8.94. The average Bonchev–Trinajstić information content (AvgIpc) is 2.30. The Morgan fingerprint density at radius 3 is 2.59 bits per heavy atom. The van der Waals surface area contributed by atoms with E-state index in [2.05, 4.69) is 4.98 Å². The minimum absolute atomic E-state index is 0.106. The Balaban J connectivity index is 2.53. The van der Waals surface area contributed by atoms with E-state index in [1.807, 2.05) is 0 Å². The third-order valence-electron chi connectivity index (χ3n) is 2.51. The molecule has 0 saturated carbocycles. The number of aliphatic hydroxyl groups is 1. The Labute approximate surface area is 97.6 Å². The van der Waals surface area contributed by atoms with Gasteiger partial charge in [-0.3, -0.25) is 4.98 Å². The maximum atomic E-state index is 13.7. The van der Waals surface area contributed by atoms with Crippen LogP contribution in [0.1, 0.15) is 11.1 Å². The van der Waals surface area contributed by atoms with Crippen molar-refractivity contribution in [2.75, 3.05) is 0 Å². The second-order valence-electron chi connectivity index (χ2n) is 3.80. The molecule has 0 aliphatic heterocycles. The van der Waals surface area contributed by atoms with E-state index in [0.29, 0.717) is 11.3 Å². The van der Waals surface area contributed by atoms with Gasteiger partial charge in [0.05, 0.1) is 18.5 Å². The Bertz CT molecular complexity index is 555. The molecular formula is C13H11F2NO. The van der Waals surface area contributed by atoms with Crippen molar-refractivity contribution in [1.82, 2.24) is 4.98 Å². The smallest absolute Gasteiger partial charge is 0.147 e. The van der Waals surface area contributed by atoms with Crippen molar-refractivity contribution in [1.29, 1.82) is 0 Å². The fourth-order valence-corrected chi connectivity index (χ4v) is 1.58. The standard InChI is InChI=1S/C13H11F2NO/c1-8-2-3-10(11(14)4-8)13-5-9(7-17)12(15)6-16-13/h2-6,17H,7H2,1H3. The number of nitrogens with zero attached hydrogens (tertiary/aromatic N) is 1. The summed E-state index contributed by atoms with van der Waals surface area (Å²) in [4.78, 5) is 3.82. The fraction of sp³-hybridized carbons (Fsp3) is 0.154. The molecule has 2 rings (SSSR count). The number of benzene rings is 1. The summed E-state index contributed by atoms with van der Waals surface area (Å²) in [5.74, 6) is -1.00. The third-order valence-corrected chi connectivity index (χ3v) is 2.51. The number of hydrogen-bond donors (Lipinski definition) is 1. The highest BCUT2D eigenvalue weighted by atomic mass is 19.1. The average molecular weight is 235 g/mol. The van der Waals surface area contributed by atoms with Crippen LogP contribution in [0.5, 0.6) is 0 Å². The van der Waals surface area contributed by atoms with Gasteiger partial charge in [-0.2, -0.15) is 0 Å². The van der Waals surface area contributed by atoms with Gasteiger partial charge in [-0.15, -0.1) is 0 Å². The molecule has 88 valence electrons. The van der Waals surface area contributed by atoms with Gasteiger partial charge in [0.2, 0.25) is 0 Å². The number of hydrogen-bond acceptors (Lipinski definition) is 2. The van der Waals surface area contributed by atoms with Crippen LogP contribution in [0.25, 0.3) is 11.3 Å². The van der Waals surface area contributed by atoms with Crippen molar-refractivity contribution in [3.63, 3.8) is 0 Å². The molecule has 0 spiro atoms. The first kappa shape index (κ1) is 11.7. The van der Waals surface area contributed by atoms with E-state index in [1.165, 1.54) is 12.1 Å². The van der Waals surface area contributed by atoms with Crippen LogP contribution in [0.3, 0.4) is 0 Å². The molecule has 1 heterocycles. The fourth-order valence-electron chi connectivity index (χ4n) is 1.58. The molecule has 0 aliphatic carbocycles. The minimum Gasteiger partial charge on any atom is -0.392 e. The van der Waals surface area contributed by atoms with Crippen LogP contribution >= 0.6 is 0 Å². The van der Waals surface area contributed by atoms with Crippen molar-refractivity contribution < 1.29 is 13.9 Å². The summed E-state index contributed by atoms with van der Waals surface area (Å²) in [6, 6.07) is 6.08. The molecule has 0 bridgehead atoms. The lowest BCUT2D eigenvalue weighted by atomic mass is 10.1. The molecule has 2 aromatic rings. The minimum atomic E-state index is -0.594. The highest BCUT2D eigenvalue weighted by Crippen LogP contribution is 2.23. The van der Waals surface area contributed by atoms with Gasteiger partial charge in [-0.25, -0.2) is 8.78 Å². The van der Waals surface area contributed by atoms with Gasteiger partial charge in [0.15, 0.2) is 0 Å². The highest BCUT2D eigenvalue weighted by Gasteiger charge is 2.09. The molecule has 1 aromatic heterocycles. The highest BCUT2D eigenvalue weighted by molar-refractivity contribution is 5.61. The number of aromatic nitrogens is 1. The molecule has 0 fully saturated rings. The Morgan fingerprint density at radius 2 is 1.94 bits per heavy atom. The van der Waals surface area contributed by atoms with Gasteiger partial charge in [0.1, 0.15) is 11.6 Å².